The minimum atomic E-state index is -1.14. The first-order chi connectivity index (χ1) is 16.9. The smallest absolute Gasteiger partial charge is 0.291 e. The number of benzene rings is 2. The molecule has 1 atom stereocenters. The van der Waals surface area contributed by atoms with Gasteiger partial charge in [-0.05, 0) is 23.8 Å². The molecule has 2 N–H and O–H groups in total. The lowest BCUT2D eigenvalue weighted by Crippen LogP contribution is -2.49. The zero-order chi connectivity index (χ0) is 24.4. The summed E-state index contributed by atoms with van der Waals surface area (Å²) in [6.45, 7) is 0.773. The Kier molecular flexibility index (Phi) is 5.94. The van der Waals surface area contributed by atoms with Gasteiger partial charge in [0.2, 0.25) is 5.82 Å². The van der Waals surface area contributed by atoms with Crippen LogP contribution in [-0.4, -0.2) is 70.2 Å². The maximum absolute atomic E-state index is 13.1. The van der Waals surface area contributed by atoms with Gasteiger partial charge in [-0.1, -0.05) is 42.2 Å². The van der Waals surface area contributed by atoms with E-state index in [0.29, 0.717) is 23.5 Å². The standard InChI is InChI=1S/C25H23N5O5/c1-29-20-11-17(9-10-25(33)14-34-15-25)7-8-21(20)35-13-19(24(29)32)27-23(31)22-26-16-30(28-22)12-18-5-3-2-4-6-18/h2-8,11,16,19,33H,12-15H2,1H3,(H,27,31)/t19-/m0/s1. The monoisotopic (exact) mass is 473 g/mol. The fraction of sp³-hybridized carbons (Fsp3) is 0.280. The molecule has 2 aromatic carbocycles. The first-order valence-corrected chi connectivity index (χ1v) is 11.0. The minimum absolute atomic E-state index is 0.0337. The normalized spacial score (nSPS) is 18.3. The van der Waals surface area contributed by atoms with Crippen LogP contribution in [0.2, 0.25) is 0 Å². The Balaban J connectivity index is 1.27. The van der Waals surface area contributed by atoms with Gasteiger partial charge in [0.05, 0.1) is 25.4 Å². The predicted molar refractivity (Wildman–Crippen MR) is 125 cm³/mol. The van der Waals surface area contributed by atoms with E-state index in [1.807, 2.05) is 30.3 Å². The molecular formula is C25H23N5O5. The van der Waals surface area contributed by atoms with Crippen LogP contribution in [0.25, 0.3) is 0 Å². The van der Waals surface area contributed by atoms with E-state index in [4.69, 9.17) is 9.47 Å². The Labute approximate surface area is 201 Å². The molecule has 10 nitrogen and oxygen atoms in total. The topological polar surface area (TPSA) is 119 Å². The highest BCUT2D eigenvalue weighted by atomic mass is 16.5. The molecule has 2 amide bonds. The lowest BCUT2D eigenvalue weighted by molar-refractivity contribution is -0.140. The molecule has 5 rings (SSSR count). The molecule has 10 heteroatoms. The van der Waals surface area contributed by atoms with Gasteiger partial charge in [-0.2, -0.15) is 0 Å². The Morgan fingerprint density at radius 3 is 2.80 bits per heavy atom. The highest BCUT2D eigenvalue weighted by molar-refractivity contribution is 6.02. The molecule has 3 heterocycles. The van der Waals surface area contributed by atoms with Crippen LogP contribution in [0.4, 0.5) is 5.69 Å². The van der Waals surface area contributed by atoms with Gasteiger partial charge in [0.15, 0.2) is 5.60 Å². The molecule has 0 aliphatic carbocycles. The highest BCUT2D eigenvalue weighted by Crippen LogP contribution is 2.31. The van der Waals surface area contributed by atoms with E-state index in [9.17, 15) is 14.7 Å². The number of likely N-dealkylation sites (N-methyl/N-ethyl adjacent to an activating group) is 1. The van der Waals surface area contributed by atoms with Crippen LogP contribution in [0.5, 0.6) is 5.75 Å². The van der Waals surface area contributed by atoms with Crippen LogP contribution in [0.1, 0.15) is 21.7 Å². The zero-order valence-electron chi connectivity index (χ0n) is 19.0. The largest absolute Gasteiger partial charge is 0.489 e. The summed E-state index contributed by atoms with van der Waals surface area (Å²) < 4.78 is 12.4. The molecule has 35 heavy (non-hydrogen) atoms. The fourth-order valence-corrected chi connectivity index (χ4v) is 3.70. The molecule has 1 aromatic heterocycles. The Hall–Kier alpha value is -4.20. The molecule has 178 valence electrons. The Bertz CT molecular complexity index is 1320. The van der Waals surface area contributed by atoms with Crippen molar-refractivity contribution in [2.24, 2.45) is 0 Å². The van der Waals surface area contributed by atoms with E-state index in [2.05, 4.69) is 27.2 Å². The van der Waals surface area contributed by atoms with Crippen molar-refractivity contribution in [3.8, 4) is 17.6 Å². The number of amides is 2. The number of rotatable bonds is 4. The summed E-state index contributed by atoms with van der Waals surface area (Å²) in [4.78, 5) is 31.3. The van der Waals surface area contributed by atoms with Crippen molar-refractivity contribution < 1.29 is 24.2 Å². The van der Waals surface area contributed by atoms with E-state index in [0.717, 1.165) is 5.56 Å². The Morgan fingerprint density at radius 2 is 2.06 bits per heavy atom. The summed E-state index contributed by atoms with van der Waals surface area (Å²) in [5, 5.41) is 17.0. The summed E-state index contributed by atoms with van der Waals surface area (Å²) in [5.74, 6) is 5.24. The van der Waals surface area contributed by atoms with Crippen molar-refractivity contribution in [2.45, 2.75) is 18.2 Å². The van der Waals surface area contributed by atoms with Gasteiger partial charge in [-0.15, -0.1) is 5.10 Å². The van der Waals surface area contributed by atoms with Crippen molar-refractivity contribution in [3.05, 3.63) is 71.8 Å². The van der Waals surface area contributed by atoms with E-state index in [-0.39, 0.29) is 31.6 Å². The molecule has 3 aromatic rings. The molecule has 0 spiro atoms. The average Bonchev–Trinajstić information content (AvgIpc) is 3.28. The van der Waals surface area contributed by atoms with E-state index >= 15 is 0 Å². The van der Waals surface area contributed by atoms with E-state index < -0.39 is 17.6 Å². The van der Waals surface area contributed by atoms with Crippen LogP contribution >= 0.6 is 0 Å². The van der Waals surface area contributed by atoms with Crippen LogP contribution in [0, 0.1) is 11.8 Å². The highest BCUT2D eigenvalue weighted by Gasteiger charge is 2.34. The molecule has 1 fully saturated rings. The molecule has 0 unspecified atom stereocenters. The van der Waals surface area contributed by atoms with Gasteiger partial charge < -0.3 is 24.8 Å². The van der Waals surface area contributed by atoms with Gasteiger partial charge in [0.25, 0.3) is 11.8 Å². The Morgan fingerprint density at radius 1 is 1.26 bits per heavy atom. The summed E-state index contributed by atoms with van der Waals surface area (Å²) in [6, 6.07) is 13.9. The van der Waals surface area contributed by atoms with Crippen LogP contribution in [-0.2, 0) is 16.1 Å². The van der Waals surface area contributed by atoms with Crippen molar-refractivity contribution >= 4 is 17.5 Å². The lowest BCUT2D eigenvalue weighted by Gasteiger charge is -2.30. The number of hydrogen-bond acceptors (Lipinski definition) is 7. The summed E-state index contributed by atoms with van der Waals surface area (Å²) >= 11 is 0. The quantitative estimate of drug-likeness (QED) is 0.533. The van der Waals surface area contributed by atoms with Gasteiger partial charge >= 0.3 is 0 Å². The second kappa shape index (κ2) is 9.21. The molecular weight excluding hydrogens is 450 g/mol. The van der Waals surface area contributed by atoms with Crippen LogP contribution < -0.4 is 15.0 Å². The summed E-state index contributed by atoms with van der Waals surface area (Å²) in [7, 11) is 1.60. The fourth-order valence-electron chi connectivity index (χ4n) is 3.70. The van der Waals surface area contributed by atoms with Crippen molar-refractivity contribution in [1.29, 1.82) is 0 Å². The van der Waals surface area contributed by atoms with Gasteiger partial charge in [0.1, 0.15) is 24.7 Å². The summed E-state index contributed by atoms with van der Waals surface area (Å²) in [5.41, 5.74) is 1.02. The third kappa shape index (κ3) is 4.87. The number of fused-ring (bicyclic) bond motifs is 1. The molecule has 2 aliphatic rings. The van der Waals surface area contributed by atoms with Crippen LogP contribution in [0.3, 0.4) is 0 Å². The van der Waals surface area contributed by atoms with Crippen LogP contribution in [0.15, 0.2) is 54.9 Å². The third-order valence-corrected chi connectivity index (χ3v) is 5.71. The second-order valence-corrected chi connectivity index (χ2v) is 8.44. The minimum Gasteiger partial charge on any atom is -0.489 e. The number of carbonyl (C=O) groups excluding carboxylic acids is 2. The number of nitrogens with zero attached hydrogens (tertiary/aromatic N) is 4. The molecule has 1 saturated heterocycles. The van der Waals surface area contributed by atoms with Gasteiger partial charge in [-0.25, -0.2) is 9.67 Å². The molecule has 0 radical (unpaired) electrons. The van der Waals surface area contributed by atoms with E-state index in [1.165, 1.54) is 11.2 Å². The van der Waals surface area contributed by atoms with E-state index in [1.54, 1.807) is 29.9 Å². The summed E-state index contributed by atoms with van der Waals surface area (Å²) in [6.07, 6.45) is 1.48. The van der Waals surface area contributed by atoms with Crippen molar-refractivity contribution in [2.75, 3.05) is 31.8 Å². The van der Waals surface area contributed by atoms with Crippen molar-refractivity contribution in [3.63, 3.8) is 0 Å². The molecule has 0 saturated carbocycles. The predicted octanol–water partition coefficient (Wildman–Crippen LogP) is 0.593. The SMILES string of the molecule is CN1C(=O)[C@@H](NC(=O)c2ncn(Cc3ccccc3)n2)COc2ccc(C#CC3(O)COC3)cc21. The lowest BCUT2D eigenvalue weighted by atomic mass is 10.0. The van der Waals surface area contributed by atoms with Gasteiger partial charge in [-0.3, -0.25) is 9.59 Å². The number of nitrogens with one attached hydrogen (secondary N) is 1. The second-order valence-electron chi connectivity index (χ2n) is 8.44. The first kappa shape index (κ1) is 22.6. The molecule has 0 bridgehead atoms. The number of aromatic nitrogens is 3. The third-order valence-electron chi connectivity index (χ3n) is 5.71. The zero-order valence-corrected chi connectivity index (χ0v) is 19.0. The maximum atomic E-state index is 13.1. The number of carbonyl (C=O) groups is 2. The number of anilines is 1. The maximum Gasteiger partial charge on any atom is 0.291 e. The number of ether oxygens (including phenoxy) is 2. The van der Waals surface area contributed by atoms with Gasteiger partial charge in [0, 0.05) is 12.6 Å². The average molecular weight is 473 g/mol. The van der Waals surface area contributed by atoms with Crippen molar-refractivity contribution in [1.82, 2.24) is 20.1 Å². The number of aliphatic hydroxyl groups is 1. The first-order valence-electron chi connectivity index (χ1n) is 11.0. The number of hydrogen-bond donors (Lipinski definition) is 2. The molecule has 2 aliphatic heterocycles.